The second kappa shape index (κ2) is 4.78. The molecule has 2 rings (SSSR count). The Morgan fingerprint density at radius 1 is 1.40 bits per heavy atom. The van der Waals surface area contributed by atoms with E-state index in [1.165, 1.54) is 0 Å². The Morgan fingerprint density at radius 2 is 2.27 bits per heavy atom. The molecule has 0 amide bonds. The average Bonchev–Trinajstić information content (AvgIpc) is 2.78. The summed E-state index contributed by atoms with van der Waals surface area (Å²) in [5, 5.41) is 8.82. The minimum atomic E-state index is -0.505. The first kappa shape index (κ1) is 11.3. The molecule has 0 radical (unpaired) electrons. The fraction of sp³-hybridized carbons (Fsp3) is 1.00. The third kappa shape index (κ3) is 2.91. The van der Waals surface area contributed by atoms with Gasteiger partial charge >= 0.3 is 0 Å². The standard InChI is InChI=1S/C11H20O4/c1-11(7-9-3-2-6-13-9)14-8-10(15-11)4-5-12/h9-10,12H,2-8H2,1H3. The van der Waals surface area contributed by atoms with E-state index in [1.807, 2.05) is 6.92 Å². The zero-order valence-electron chi connectivity index (χ0n) is 9.28. The molecular weight excluding hydrogens is 196 g/mol. The fourth-order valence-electron chi connectivity index (χ4n) is 2.30. The number of ether oxygens (including phenoxy) is 3. The van der Waals surface area contributed by atoms with Crippen LogP contribution in [0.2, 0.25) is 0 Å². The van der Waals surface area contributed by atoms with E-state index < -0.39 is 5.79 Å². The molecule has 0 spiro atoms. The predicted molar refractivity (Wildman–Crippen MR) is 54.5 cm³/mol. The van der Waals surface area contributed by atoms with Gasteiger partial charge in [0.15, 0.2) is 5.79 Å². The van der Waals surface area contributed by atoms with Gasteiger partial charge in [-0.1, -0.05) is 0 Å². The van der Waals surface area contributed by atoms with Crippen molar-refractivity contribution in [2.75, 3.05) is 19.8 Å². The van der Waals surface area contributed by atoms with Gasteiger partial charge in [-0.15, -0.1) is 0 Å². The zero-order chi connectivity index (χ0) is 10.7. The van der Waals surface area contributed by atoms with Crippen LogP contribution in [0.3, 0.4) is 0 Å². The molecule has 0 bridgehead atoms. The first-order valence-electron chi connectivity index (χ1n) is 5.76. The van der Waals surface area contributed by atoms with Crippen LogP contribution in [-0.2, 0) is 14.2 Å². The maximum atomic E-state index is 8.82. The molecule has 15 heavy (non-hydrogen) atoms. The lowest BCUT2D eigenvalue weighted by atomic mass is 10.1. The van der Waals surface area contributed by atoms with Crippen molar-refractivity contribution in [3.63, 3.8) is 0 Å². The van der Waals surface area contributed by atoms with Gasteiger partial charge in [0, 0.05) is 19.6 Å². The van der Waals surface area contributed by atoms with Crippen molar-refractivity contribution in [1.29, 1.82) is 0 Å². The van der Waals surface area contributed by atoms with E-state index in [9.17, 15) is 0 Å². The molecule has 2 saturated heterocycles. The fourth-order valence-corrected chi connectivity index (χ4v) is 2.30. The lowest BCUT2D eigenvalue weighted by Crippen LogP contribution is -2.31. The minimum absolute atomic E-state index is 0.0430. The number of hydrogen-bond acceptors (Lipinski definition) is 4. The summed E-state index contributed by atoms with van der Waals surface area (Å²) in [4.78, 5) is 0. The molecule has 2 heterocycles. The summed E-state index contributed by atoms with van der Waals surface area (Å²) in [6.45, 7) is 3.57. The Morgan fingerprint density at radius 3 is 2.93 bits per heavy atom. The van der Waals surface area contributed by atoms with Gasteiger partial charge in [-0.05, 0) is 26.2 Å². The van der Waals surface area contributed by atoms with Crippen LogP contribution in [0.1, 0.15) is 32.6 Å². The first-order valence-corrected chi connectivity index (χ1v) is 5.76. The van der Waals surface area contributed by atoms with Gasteiger partial charge < -0.3 is 19.3 Å². The van der Waals surface area contributed by atoms with E-state index in [1.54, 1.807) is 0 Å². The number of aliphatic hydroxyl groups is 1. The van der Waals surface area contributed by atoms with E-state index in [4.69, 9.17) is 19.3 Å². The average molecular weight is 216 g/mol. The highest BCUT2D eigenvalue weighted by Crippen LogP contribution is 2.32. The van der Waals surface area contributed by atoms with Gasteiger partial charge in [-0.2, -0.15) is 0 Å². The zero-order valence-corrected chi connectivity index (χ0v) is 9.28. The van der Waals surface area contributed by atoms with Gasteiger partial charge in [0.1, 0.15) is 0 Å². The monoisotopic (exact) mass is 216 g/mol. The molecule has 4 nitrogen and oxygen atoms in total. The quantitative estimate of drug-likeness (QED) is 0.763. The van der Waals surface area contributed by atoms with Crippen molar-refractivity contribution >= 4 is 0 Å². The van der Waals surface area contributed by atoms with E-state index in [-0.39, 0.29) is 18.8 Å². The Bertz CT molecular complexity index is 203. The highest BCUT2D eigenvalue weighted by Gasteiger charge is 2.39. The number of rotatable bonds is 4. The van der Waals surface area contributed by atoms with Crippen LogP contribution in [0.25, 0.3) is 0 Å². The summed E-state index contributed by atoms with van der Waals surface area (Å²) >= 11 is 0. The smallest absolute Gasteiger partial charge is 0.168 e. The van der Waals surface area contributed by atoms with Gasteiger partial charge in [0.05, 0.1) is 18.8 Å². The van der Waals surface area contributed by atoms with Crippen molar-refractivity contribution < 1.29 is 19.3 Å². The topological polar surface area (TPSA) is 47.9 Å². The van der Waals surface area contributed by atoms with E-state index in [0.717, 1.165) is 25.9 Å². The van der Waals surface area contributed by atoms with E-state index in [0.29, 0.717) is 13.0 Å². The molecule has 4 heteroatoms. The summed E-state index contributed by atoms with van der Waals surface area (Å²) in [6, 6.07) is 0. The first-order chi connectivity index (χ1) is 7.22. The Balaban J connectivity index is 1.80. The summed E-state index contributed by atoms with van der Waals surface area (Å²) in [5.41, 5.74) is 0. The molecule has 2 fully saturated rings. The van der Waals surface area contributed by atoms with E-state index in [2.05, 4.69) is 0 Å². The molecule has 0 aromatic rings. The molecule has 0 aromatic heterocycles. The predicted octanol–water partition coefficient (Wildman–Crippen LogP) is 1.07. The third-order valence-corrected chi connectivity index (χ3v) is 3.06. The van der Waals surface area contributed by atoms with Crippen molar-refractivity contribution in [3.8, 4) is 0 Å². The van der Waals surface area contributed by atoms with Crippen LogP contribution in [-0.4, -0.2) is 42.9 Å². The minimum Gasteiger partial charge on any atom is -0.396 e. The molecule has 0 saturated carbocycles. The van der Waals surface area contributed by atoms with Crippen molar-refractivity contribution in [2.24, 2.45) is 0 Å². The van der Waals surface area contributed by atoms with E-state index >= 15 is 0 Å². The van der Waals surface area contributed by atoms with Crippen LogP contribution >= 0.6 is 0 Å². The molecule has 0 aromatic carbocycles. The molecule has 2 aliphatic rings. The van der Waals surface area contributed by atoms with Crippen LogP contribution < -0.4 is 0 Å². The van der Waals surface area contributed by atoms with Crippen molar-refractivity contribution in [3.05, 3.63) is 0 Å². The Labute approximate surface area is 90.5 Å². The second-order valence-electron chi connectivity index (χ2n) is 4.54. The molecular formula is C11H20O4. The lowest BCUT2D eigenvalue weighted by Gasteiger charge is -2.26. The molecule has 1 N–H and O–H groups in total. The second-order valence-corrected chi connectivity index (χ2v) is 4.54. The van der Waals surface area contributed by atoms with Crippen molar-refractivity contribution in [2.45, 2.75) is 50.6 Å². The van der Waals surface area contributed by atoms with Crippen LogP contribution in [0, 0.1) is 0 Å². The lowest BCUT2D eigenvalue weighted by molar-refractivity contribution is -0.174. The Hall–Kier alpha value is -0.160. The van der Waals surface area contributed by atoms with Crippen LogP contribution in [0.15, 0.2) is 0 Å². The van der Waals surface area contributed by atoms with Crippen molar-refractivity contribution in [1.82, 2.24) is 0 Å². The maximum absolute atomic E-state index is 8.82. The maximum Gasteiger partial charge on any atom is 0.168 e. The SMILES string of the molecule is CC1(CC2CCCO2)OCC(CCO)O1. The van der Waals surface area contributed by atoms with Gasteiger partial charge in [-0.25, -0.2) is 0 Å². The number of aliphatic hydroxyl groups excluding tert-OH is 1. The van der Waals surface area contributed by atoms with Gasteiger partial charge in [0.25, 0.3) is 0 Å². The Kier molecular flexibility index (Phi) is 3.61. The third-order valence-electron chi connectivity index (χ3n) is 3.06. The highest BCUT2D eigenvalue weighted by molar-refractivity contribution is 4.80. The molecule has 2 aliphatic heterocycles. The molecule has 88 valence electrons. The van der Waals surface area contributed by atoms with Gasteiger partial charge in [-0.3, -0.25) is 0 Å². The van der Waals surface area contributed by atoms with Crippen LogP contribution in [0.5, 0.6) is 0 Å². The molecule has 0 aliphatic carbocycles. The molecule has 3 unspecified atom stereocenters. The summed E-state index contributed by atoms with van der Waals surface area (Å²) in [5.74, 6) is -0.505. The summed E-state index contributed by atoms with van der Waals surface area (Å²) in [6.07, 6.45) is 4.02. The summed E-state index contributed by atoms with van der Waals surface area (Å²) < 4.78 is 17.0. The highest BCUT2D eigenvalue weighted by atomic mass is 16.7. The van der Waals surface area contributed by atoms with Crippen LogP contribution in [0.4, 0.5) is 0 Å². The van der Waals surface area contributed by atoms with Gasteiger partial charge in [0.2, 0.25) is 0 Å². The normalized spacial score (nSPS) is 41.2. The summed E-state index contributed by atoms with van der Waals surface area (Å²) in [7, 11) is 0. The number of hydrogen-bond donors (Lipinski definition) is 1. The molecule has 3 atom stereocenters. The largest absolute Gasteiger partial charge is 0.396 e.